The predicted molar refractivity (Wildman–Crippen MR) is 76.9 cm³/mol. The van der Waals surface area contributed by atoms with Gasteiger partial charge in [0.2, 0.25) is 0 Å². The van der Waals surface area contributed by atoms with Crippen molar-refractivity contribution in [3.63, 3.8) is 0 Å². The Morgan fingerprint density at radius 1 is 1.47 bits per heavy atom. The van der Waals surface area contributed by atoms with Crippen molar-refractivity contribution in [3.05, 3.63) is 0 Å². The molecule has 0 saturated carbocycles. The number of rotatable bonds is 5. The summed E-state index contributed by atoms with van der Waals surface area (Å²) in [6, 6.07) is 1.16. The van der Waals surface area contributed by atoms with E-state index < -0.39 is 0 Å². The Morgan fingerprint density at radius 3 is 2.71 bits per heavy atom. The fourth-order valence-corrected chi connectivity index (χ4v) is 3.21. The van der Waals surface area contributed by atoms with E-state index in [-0.39, 0.29) is 5.54 Å². The van der Waals surface area contributed by atoms with Gasteiger partial charge < -0.3 is 10.1 Å². The van der Waals surface area contributed by atoms with Crippen LogP contribution in [0.5, 0.6) is 0 Å². The standard InChI is InChI=1S/C13H28N2OS/c1-11-10-17-7-6-15(11)12(9-16-5)8-14-13(2,3)4/h11-12,14H,6-10H2,1-5H3. The lowest BCUT2D eigenvalue weighted by molar-refractivity contribution is 0.0696. The molecule has 2 unspecified atom stereocenters. The monoisotopic (exact) mass is 260 g/mol. The average molecular weight is 260 g/mol. The summed E-state index contributed by atoms with van der Waals surface area (Å²) in [7, 11) is 1.80. The minimum Gasteiger partial charge on any atom is -0.383 e. The molecular formula is C13H28N2OS. The Balaban J connectivity index is 2.51. The first-order chi connectivity index (χ1) is 7.94. The predicted octanol–water partition coefficient (Wildman–Crippen LogP) is 1.83. The molecule has 1 aliphatic rings. The highest BCUT2D eigenvalue weighted by molar-refractivity contribution is 7.99. The maximum Gasteiger partial charge on any atom is 0.0630 e. The zero-order valence-corrected chi connectivity index (χ0v) is 12.8. The molecular weight excluding hydrogens is 232 g/mol. The zero-order chi connectivity index (χ0) is 12.9. The van der Waals surface area contributed by atoms with E-state index in [1.807, 2.05) is 0 Å². The van der Waals surface area contributed by atoms with Crippen LogP contribution in [0, 0.1) is 0 Å². The molecule has 0 bridgehead atoms. The molecule has 1 fully saturated rings. The zero-order valence-electron chi connectivity index (χ0n) is 12.0. The molecule has 1 aliphatic heterocycles. The SMILES string of the molecule is COCC(CNC(C)(C)C)N1CCSCC1C. The van der Waals surface area contributed by atoms with Crippen LogP contribution in [0.25, 0.3) is 0 Å². The normalized spacial score (nSPS) is 24.9. The quantitative estimate of drug-likeness (QED) is 0.815. The minimum atomic E-state index is 0.180. The first-order valence-electron chi connectivity index (χ1n) is 6.51. The summed E-state index contributed by atoms with van der Waals surface area (Å²) < 4.78 is 5.38. The molecule has 0 amide bonds. The first kappa shape index (κ1) is 15.3. The van der Waals surface area contributed by atoms with Gasteiger partial charge in [0, 0.05) is 49.3 Å². The molecule has 0 radical (unpaired) electrons. The molecule has 4 heteroatoms. The van der Waals surface area contributed by atoms with E-state index in [4.69, 9.17) is 4.74 Å². The van der Waals surface area contributed by atoms with Gasteiger partial charge in [0.1, 0.15) is 0 Å². The van der Waals surface area contributed by atoms with Gasteiger partial charge in [0.25, 0.3) is 0 Å². The highest BCUT2D eigenvalue weighted by Gasteiger charge is 2.27. The van der Waals surface area contributed by atoms with Gasteiger partial charge in [-0.15, -0.1) is 0 Å². The van der Waals surface area contributed by atoms with Crippen molar-refractivity contribution < 1.29 is 4.74 Å². The van der Waals surface area contributed by atoms with Gasteiger partial charge in [-0.1, -0.05) is 0 Å². The molecule has 2 atom stereocenters. The summed E-state index contributed by atoms with van der Waals surface area (Å²) in [6.45, 7) is 12.0. The van der Waals surface area contributed by atoms with E-state index >= 15 is 0 Å². The summed E-state index contributed by atoms with van der Waals surface area (Å²) in [5.74, 6) is 2.50. The molecule has 0 aromatic rings. The Morgan fingerprint density at radius 2 is 2.18 bits per heavy atom. The number of hydrogen-bond acceptors (Lipinski definition) is 4. The van der Waals surface area contributed by atoms with Crippen LogP contribution in [0.1, 0.15) is 27.7 Å². The lowest BCUT2D eigenvalue weighted by Gasteiger charge is -2.40. The van der Waals surface area contributed by atoms with Crippen LogP contribution in [-0.2, 0) is 4.74 Å². The molecule has 1 heterocycles. The number of hydrogen-bond donors (Lipinski definition) is 1. The van der Waals surface area contributed by atoms with E-state index in [9.17, 15) is 0 Å². The van der Waals surface area contributed by atoms with Crippen LogP contribution < -0.4 is 5.32 Å². The summed E-state index contributed by atoms with van der Waals surface area (Å²) in [6.07, 6.45) is 0. The van der Waals surface area contributed by atoms with Crippen LogP contribution >= 0.6 is 11.8 Å². The number of nitrogens with zero attached hydrogens (tertiary/aromatic N) is 1. The number of nitrogens with one attached hydrogen (secondary N) is 1. The second-order valence-corrected chi connectivity index (χ2v) is 7.05. The molecule has 0 aliphatic carbocycles. The van der Waals surface area contributed by atoms with Gasteiger partial charge >= 0.3 is 0 Å². The van der Waals surface area contributed by atoms with Crippen LogP contribution in [0.15, 0.2) is 0 Å². The van der Waals surface area contributed by atoms with E-state index in [1.165, 1.54) is 18.1 Å². The number of methoxy groups -OCH3 is 1. The molecule has 0 aromatic heterocycles. The molecule has 1 saturated heterocycles. The van der Waals surface area contributed by atoms with Crippen LogP contribution in [0.4, 0.5) is 0 Å². The summed E-state index contributed by atoms with van der Waals surface area (Å²) in [5.41, 5.74) is 0.180. The Hall–Kier alpha value is 0.230. The molecule has 0 aromatic carbocycles. The number of ether oxygens (including phenoxy) is 1. The summed E-state index contributed by atoms with van der Waals surface area (Å²) in [4.78, 5) is 2.60. The molecule has 1 rings (SSSR count). The fourth-order valence-electron chi connectivity index (χ4n) is 2.17. The van der Waals surface area contributed by atoms with Crippen molar-refractivity contribution in [2.24, 2.45) is 0 Å². The average Bonchev–Trinajstić information content (AvgIpc) is 2.24. The Kier molecular flexibility index (Phi) is 6.27. The van der Waals surface area contributed by atoms with E-state index in [0.717, 1.165) is 13.2 Å². The molecule has 0 spiro atoms. The summed E-state index contributed by atoms with van der Waals surface area (Å²) >= 11 is 2.06. The van der Waals surface area contributed by atoms with Crippen molar-refractivity contribution in [1.29, 1.82) is 0 Å². The van der Waals surface area contributed by atoms with Gasteiger partial charge in [0.15, 0.2) is 0 Å². The second-order valence-electron chi connectivity index (χ2n) is 5.90. The molecule has 102 valence electrons. The third kappa shape index (κ3) is 5.60. The van der Waals surface area contributed by atoms with Crippen molar-refractivity contribution in [2.75, 3.05) is 38.3 Å². The third-order valence-electron chi connectivity index (χ3n) is 3.12. The topological polar surface area (TPSA) is 24.5 Å². The van der Waals surface area contributed by atoms with Crippen LogP contribution in [0.3, 0.4) is 0 Å². The second kappa shape index (κ2) is 6.98. The van der Waals surface area contributed by atoms with Crippen molar-refractivity contribution in [3.8, 4) is 0 Å². The third-order valence-corrected chi connectivity index (χ3v) is 4.30. The van der Waals surface area contributed by atoms with Crippen LogP contribution in [-0.4, -0.2) is 60.8 Å². The Labute approximate surface area is 111 Å². The lowest BCUT2D eigenvalue weighted by Crippen LogP contribution is -2.54. The first-order valence-corrected chi connectivity index (χ1v) is 7.67. The van der Waals surface area contributed by atoms with Crippen molar-refractivity contribution in [1.82, 2.24) is 10.2 Å². The van der Waals surface area contributed by atoms with Gasteiger partial charge in [-0.3, -0.25) is 4.90 Å². The Bertz CT molecular complexity index is 218. The van der Waals surface area contributed by atoms with Crippen LogP contribution in [0.2, 0.25) is 0 Å². The summed E-state index contributed by atoms with van der Waals surface area (Å²) in [5, 5.41) is 3.60. The molecule has 17 heavy (non-hydrogen) atoms. The van der Waals surface area contributed by atoms with Gasteiger partial charge in [-0.25, -0.2) is 0 Å². The van der Waals surface area contributed by atoms with E-state index in [2.05, 4.69) is 49.7 Å². The smallest absolute Gasteiger partial charge is 0.0630 e. The minimum absolute atomic E-state index is 0.180. The lowest BCUT2D eigenvalue weighted by atomic mass is 10.1. The van der Waals surface area contributed by atoms with Gasteiger partial charge in [-0.05, 0) is 27.7 Å². The largest absolute Gasteiger partial charge is 0.383 e. The molecule has 3 nitrogen and oxygen atoms in total. The highest BCUT2D eigenvalue weighted by atomic mass is 32.2. The molecule has 1 N–H and O–H groups in total. The highest BCUT2D eigenvalue weighted by Crippen LogP contribution is 2.18. The van der Waals surface area contributed by atoms with Gasteiger partial charge in [0.05, 0.1) is 6.61 Å². The van der Waals surface area contributed by atoms with Gasteiger partial charge in [-0.2, -0.15) is 11.8 Å². The fraction of sp³-hybridized carbons (Fsp3) is 1.00. The van der Waals surface area contributed by atoms with E-state index in [1.54, 1.807) is 7.11 Å². The maximum absolute atomic E-state index is 5.38. The van der Waals surface area contributed by atoms with E-state index in [0.29, 0.717) is 12.1 Å². The van der Waals surface area contributed by atoms with Crippen molar-refractivity contribution >= 4 is 11.8 Å². The maximum atomic E-state index is 5.38. The number of thioether (sulfide) groups is 1. The van der Waals surface area contributed by atoms with Crippen molar-refractivity contribution in [2.45, 2.75) is 45.3 Å².